The van der Waals surface area contributed by atoms with Crippen LogP contribution in [0.1, 0.15) is 181 Å². The molecular weight excluding hydrogens is 436 g/mol. The van der Waals surface area contributed by atoms with Gasteiger partial charge in [0.2, 0.25) is 0 Å². The number of unbranched alkanes of at least 4 members (excludes halogenated alkanes) is 21. The molecule has 0 saturated carbocycles. The molecule has 0 aliphatic carbocycles. The maximum absolute atomic E-state index is 12.2. The van der Waals surface area contributed by atoms with Gasteiger partial charge in [-0.3, -0.25) is 9.59 Å². The third kappa shape index (κ3) is 27.4. The normalized spacial score (nSPS) is 12.1. The number of hydrogen-bond donors (Lipinski definition) is 1. The highest BCUT2D eigenvalue weighted by atomic mass is 16.5. The average Bonchev–Trinajstić information content (AvgIpc) is 2.82. The van der Waals surface area contributed by atoms with Gasteiger partial charge in [-0.1, -0.05) is 149 Å². The van der Waals surface area contributed by atoms with Gasteiger partial charge in [-0.15, -0.1) is 0 Å². The Morgan fingerprint density at radius 2 is 0.886 bits per heavy atom. The molecule has 4 nitrogen and oxygen atoms in total. The molecular formula is C31H60O4. The highest BCUT2D eigenvalue weighted by Gasteiger charge is 2.17. The smallest absolute Gasteiger partial charge is 0.307 e. The zero-order valence-corrected chi connectivity index (χ0v) is 23.6. The van der Waals surface area contributed by atoms with Gasteiger partial charge in [-0.25, -0.2) is 0 Å². The molecule has 4 heteroatoms. The van der Waals surface area contributed by atoms with Crippen LogP contribution in [0.5, 0.6) is 0 Å². The molecule has 0 aromatic rings. The van der Waals surface area contributed by atoms with Gasteiger partial charge in [0.1, 0.15) is 6.10 Å². The molecule has 0 fully saturated rings. The van der Waals surface area contributed by atoms with E-state index in [2.05, 4.69) is 13.8 Å². The summed E-state index contributed by atoms with van der Waals surface area (Å²) in [7, 11) is 0. The number of aliphatic carboxylic acids is 1. The third-order valence-electron chi connectivity index (χ3n) is 7.06. The molecule has 0 saturated heterocycles. The van der Waals surface area contributed by atoms with Crippen molar-refractivity contribution in [2.24, 2.45) is 0 Å². The van der Waals surface area contributed by atoms with Gasteiger partial charge in [0.25, 0.3) is 0 Å². The third-order valence-corrected chi connectivity index (χ3v) is 7.06. The first-order chi connectivity index (χ1) is 17.1. The number of carboxylic acid groups (broad SMARTS) is 1. The molecule has 0 amide bonds. The van der Waals surface area contributed by atoms with Crippen LogP contribution in [0.4, 0.5) is 0 Å². The number of rotatable bonds is 28. The lowest BCUT2D eigenvalue weighted by Crippen LogP contribution is -2.21. The molecule has 0 rings (SSSR count). The number of carboxylic acids is 1. The maximum Gasteiger partial charge on any atom is 0.307 e. The first kappa shape index (κ1) is 33.9. The fraction of sp³-hybridized carbons (Fsp3) is 0.935. The number of carbonyl (C=O) groups is 2. The molecule has 208 valence electrons. The summed E-state index contributed by atoms with van der Waals surface area (Å²) in [6, 6.07) is 0. The van der Waals surface area contributed by atoms with Gasteiger partial charge in [0.15, 0.2) is 0 Å². The Morgan fingerprint density at radius 1 is 0.543 bits per heavy atom. The minimum Gasteiger partial charge on any atom is -0.481 e. The minimum atomic E-state index is -0.878. The predicted molar refractivity (Wildman–Crippen MR) is 149 cm³/mol. The number of hydrogen-bond acceptors (Lipinski definition) is 3. The standard InChI is InChI=1S/C31H60O4/c1-3-5-7-9-11-13-15-17-18-20-22-24-26-29(28-30(32)33)35-31(34)27-25-23-21-19-16-14-12-10-8-6-4-2/h29H,3-28H2,1-2H3,(H,32,33). The number of ether oxygens (including phenoxy) is 1. The SMILES string of the molecule is CCCCCCCCCCCCCCC(CC(=O)O)OC(=O)CCCCCCCCCCCCC. The van der Waals surface area contributed by atoms with E-state index in [1.54, 1.807) is 0 Å². The Balaban J connectivity index is 3.68. The summed E-state index contributed by atoms with van der Waals surface area (Å²) < 4.78 is 5.53. The van der Waals surface area contributed by atoms with Crippen LogP contribution >= 0.6 is 0 Å². The topological polar surface area (TPSA) is 63.6 Å². The van der Waals surface area contributed by atoms with E-state index < -0.39 is 12.1 Å². The summed E-state index contributed by atoms with van der Waals surface area (Å²) in [4.78, 5) is 23.4. The van der Waals surface area contributed by atoms with E-state index in [0.717, 1.165) is 25.7 Å². The van der Waals surface area contributed by atoms with Crippen molar-refractivity contribution in [1.29, 1.82) is 0 Å². The van der Waals surface area contributed by atoms with Crippen molar-refractivity contribution in [2.45, 2.75) is 187 Å². The molecule has 0 aliphatic heterocycles. The molecule has 0 radical (unpaired) electrons. The fourth-order valence-electron chi connectivity index (χ4n) is 4.79. The number of carbonyl (C=O) groups excluding carboxylic acids is 1. The van der Waals surface area contributed by atoms with Crippen LogP contribution in [-0.4, -0.2) is 23.1 Å². The lowest BCUT2D eigenvalue weighted by Gasteiger charge is -2.16. The van der Waals surface area contributed by atoms with E-state index in [4.69, 9.17) is 4.74 Å². The maximum atomic E-state index is 12.2. The van der Waals surface area contributed by atoms with Crippen molar-refractivity contribution in [3.63, 3.8) is 0 Å². The molecule has 0 bridgehead atoms. The molecule has 1 N–H and O–H groups in total. The summed E-state index contributed by atoms with van der Waals surface area (Å²) >= 11 is 0. The molecule has 0 heterocycles. The first-order valence-electron chi connectivity index (χ1n) is 15.5. The van der Waals surface area contributed by atoms with Crippen molar-refractivity contribution in [1.82, 2.24) is 0 Å². The average molecular weight is 497 g/mol. The zero-order valence-electron chi connectivity index (χ0n) is 23.6. The lowest BCUT2D eigenvalue weighted by atomic mass is 10.0. The van der Waals surface area contributed by atoms with Gasteiger partial charge in [-0.2, -0.15) is 0 Å². The van der Waals surface area contributed by atoms with Crippen LogP contribution in [0.15, 0.2) is 0 Å². The van der Waals surface area contributed by atoms with Crippen molar-refractivity contribution in [3.8, 4) is 0 Å². The fourth-order valence-corrected chi connectivity index (χ4v) is 4.79. The molecule has 0 aliphatic rings. The van der Waals surface area contributed by atoms with Crippen molar-refractivity contribution in [3.05, 3.63) is 0 Å². The van der Waals surface area contributed by atoms with E-state index >= 15 is 0 Å². The van der Waals surface area contributed by atoms with Gasteiger partial charge in [-0.05, 0) is 19.3 Å². The van der Waals surface area contributed by atoms with Crippen LogP contribution < -0.4 is 0 Å². The molecule has 1 unspecified atom stereocenters. The van der Waals surface area contributed by atoms with Gasteiger partial charge >= 0.3 is 11.9 Å². The Kier molecular flexibility index (Phi) is 26.7. The van der Waals surface area contributed by atoms with Gasteiger partial charge in [0, 0.05) is 6.42 Å². The van der Waals surface area contributed by atoms with E-state index in [1.807, 2.05) is 0 Å². The summed E-state index contributed by atoms with van der Waals surface area (Å²) in [6.07, 6.45) is 29.7. The summed E-state index contributed by atoms with van der Waals surface area (Å²) in [5, 5.41) is 9.17. The zero-order chi connectivity index (χ0) is 25.8. The quantitative estimate of drug-likeness (QED) is 0.0864. The van der Waals surface area contributed by atoms with Crippen molar-refractivity contribution >= 4 is 11.9 Å². The van der Waals surface area contributed by atoms with Crippen LogP contribution in [0.2, 0.25) is 0 Å². The summed E-state index contributed by atoms with van der Waals surface area (Å²) in [5.41, 5.74) is 0. The first-order valence-corrected chi connectivity index (χ1v) is 15.5. The summed E-state index contributed by atoms with van der Waals surface area (Å²) in [6.45, 7) is 4.51. The predicted octanol–water partition coefficient (Wildman–Crippen LogP) is 10.2. The second-order valence-corrected chi connectivity index (χ2v) is 10.7. The highest BCUT2D eigenvalue weighted by Crippen LogP contribution is 2.17. The van der Waals surface area contributed by atoms with E-state index in [9.17, 15) is 14.7 Å². The molecule has 0 aromatic carbocycles. The van der Waals surface area contributed by atoms with E-state index in [-0.39, 0.29) is 12.4 Å². The van der Waals surface area contributed by atoms with Crippen LogP contribution in [0.25, 0.3) is 0 Å². The number of esters is 1. The van der Waals surface area contributed by atoms with Crippen LogP contribution in [0, 0.1) is 0 Å². The largest absolute Gasteiger partial charge is 0.481 e. The highest BCUT2D eigenvalue weighted by molar-refractivity contribution is 5.71. The second-order valence-electron chi connectivity index (χ2n) is 10.7. The Hall–Kier alpha value is -1.06. The molecule has 35 heavy (non-hydrogen) atoms. The van der Waals surface area contributed by atoms with Crippen molar-refractivity contribution in [2.75, 3.05) is 0 Å². The monoisotopic (exact) mass is 496 g/mol. The molecule has 0 aromatic heterocycles. The molecule has 0 spiro atoms. The Morgan fingerprint density at radius 3 is 1.26 bits per heavy atom. The van der Waals surface area contributed by atoms with Crippen LogP contribution in [-0.2, 0) is 14.3 Å². The van der Waals surface area contributed by atoms with Crippen LogP contribution in [0.3, 0.4) is 0 Å². The van der Waals surface area contributed by atoms with Crippen molar-refractivity contribution < 1.29 is 19.4 Å². The van der Waals surface area contributed by atoms with E-state index in [1.165, 1.54) is 122 Å². The Bertz CT molecular complexity index is 463. The lowest BCUT2D eigenvalue weighted by molar-refractivity contribution is -0.153. The second kappa shape index (κ2) is 27.5. The summed E-state index contributed by atoms with van der Waals surface area (Å²) in [5.74, 6) is -1.09. The minimum absolute atomic E-state index is 0.0674. The van der Waals surface area contributed by atoms with E-state index in [0.29, 0.717) is 12.8 Å². The van der Waals surface area contributed by atoms with Gasteiger partial charge < -0.3 is 9.84 Å². The Labute approximate surface area is 218 Å². The van der Waals surface area contributed by atoms with Gasteiger partial charge in [0.05, 0.1) is 6.42 Å². The molecule has 1 atom stereocenters.